The Hall–Kier alpha value is -3.57. The molecule has 1 aromatic carbocycles. The number of benzene rings is 1. The van der Waals surface area contributed by atoms with Crippen molar-refractivity contribution in [3.63, 3.8) is 0 Å². The summed E-state index contributed by atoms with van der Waals surface area (Å²) in [5, 5.41) is 17.8. The van der Waals surface area contributed by atoms with Gasteiger partial charge in [0.05, 0.1) is 28.8 Å². The van der Waals surface area contributed by atoms with Gasteiger partial charge in [-0.15, -0.1) is 5.10 Å². The molecule has 9 nitrogen and oxygen atoms in total. The summed E-state index contributed by atoms with van der Waals surface area (Å²) in [6.07, 6.45) is -4.61. The highest BCUT2D eigenvalue weighted by molar-refractivity contribution is 5.48. The number of hydrogen-bond acceptors (Lipinski definition) is 5. The minimum atomic E-state index is -4.61. The van der Waals surface area contributed by atoms with Crippen LogP contribution in [0.15, 0.2) is 30.3 Å². The number of rotatable bonds is 5. The number of ether oxygens (including phenoxy) is 2. The van der Waals surface area contributed by atoms with Crippen molar-refractivity contribution in [1.29, 1.82) is 0 Å². The van der Waals surface area contributed by atoms with Crippen molar-refractivity contribution in [3.05, 3.63) is 51.8 Å². The highest BCUT2D eigenvalue weighted by Crippen LogP contribution is 2.35. The van der Waals surface area contributed by atoms with E-state index in [0.29, 0.717) is 16.6 Å². The number of aryl methyl sites for hydroxylation is 3. The SMILES string of the molecule is Cc1cc(Oc2cc(Oc3cc(C(F)(F)F)n(C)n3)cc([N+](=O)[O-])c2)[n+](C)[nH]1. The second-order valence-electron chi connectivity index (χ2n) is 5.95. The summed E-state index contributed by atoms with van der Waals surface area (Å²) in [4.78, 5) is 10.5. The van der Waals surface area contributed by atoms with Gasteiger partial charge < -0.3 is 9.47 Å². The molecule has 0 spiro atoms. The van der Waals surface area contributed by atoms with E-state index in [4.69, 9.17) is 9.47 Å². The number of H-pyrrole nitrogens is 1. The fourth-order valence-corrected chi connectivity index (χ4v) is 2.51. The molecule has 0 fully saturated rings. The van der Waals surface area contributed by atoms with Gasteiger partial charge in [-0.3, -0.25) is 14.8 Å². The van der Waals surface area contributed by atoms with Gasteiger partial charge >= 0.3 is 12.1 Å². The zero-order valence-electron chi connectivity index (χ0n) is 14.9. The molecule has 0 amide bonds. The Labute approximate surface area is 156 Å². The first kappa shape index (κ1) is 19.2. The van der Waals surface area contributed by atoms with Crippen molar-refractivity contribution in [2.24, 2.45) is 14.1 Å². The first-order valence-corrected chi connectivity index (χ1v) is 7.85. The molecule has 0 aliphatic heterocycles. The van der Waals surface area contributed by atoms with E-state index < -0.39 is 16.8 Å². The van der Waals surface area contributed by atoms with E-state index in [1.54, 1.807) is 24.7 Å². The fourth-order valence-electron chi connectivity index (χ4n) is 2.51. The van der Waals surface area contributed by atoms with Crippen molar-refractivity contribution in [3.8, 4) is 23.3 Å². The zero-order valence-corrected chi connectivity index (χ0v) is 14.9. The molecule has 0 aliphatic rings. The topological polar surface area (TPSA) is 99.1 Å². The molecule has 3 aromatic rings. The maximum absolute atomic E-state index is 12.9. The minimum Gasteiger partial charge on any atom is -0.437 e. The second-order valence-corrected chi connectivity index (χ2v) is 5.95. The van der Waals surface area contributed by atoms with Gasteiger partial charge in [-0.1, -0.05) is 4.68 Å². The van der Waals surface area contributed by atoms with Crippen LogP contribution in [-0.4, -0.2) is 19.8 Å². The Bertz CT molecular complexity index is 1040. The number of alkyl halides is 3. The van der Waals surface area contributed by atoms with Crippen LogP contribution >= 0.6 is 0 Å². The third-order valence-electron chi connectivity index (χ3n) is 3.68. The standard InChI is InChI=1S/C16H14F3N5O4/c1-9-4-15(23(3)20-9)28-12-6-10(24(25)26)5-11(7-12)27-14-8-13(16(17,18)19)22(2)21-14/h4-8H,1-3H3/p+1. The highest BCUT2D eigenvalue weighted by atomic mass is 19.4. The Morgan fingerprint density at radius 1 is 1.18 bits per heavy atom. The van der Waals surface area contributed by atoms with E-state index in [1.165, 1.54) is 12.1 Å². The number of aromatic nitrogens is 4. The molecule has 2 heterocycles. The quantitative estimate of drug-likeness (QED) is 0.404. The largest absolute Gasteiger partial charge is 0.437 e. The normalized spacial score (nSPS) is 11.5. The van der Waals surface area contributed by atoms with E-state index in [2.05, 4.69) is 10.2 Å². The summed E-state index contributed by atoms with van der Waals surface area (Å²) < 4.78 is 51.8. The van der Waals surface area contributed by atoms with Gasteiger partial charge in [-0.2, -0.15) is 18.3 Å². The van der Waals surface area contributed by atoms with Crippen LogP contribution in [0.1, 0.15) is 11.4 Å². The lowest BCUT2D eigenvalue weighted by Gasteiger charge is -2.05. The van der Waals surface area contributed by atoms with E-state index >= 15 is 0 Å². The summed E-state index contributed by atoms with van der Waals surface area (Å²) in [5.74, 6) is 0.00201. The number of non-ortho nitro benzene ring substituents is 1. The van der Waals surface area contributed by atoms with Gasteiger partial charge in [-0.05, 0) is 6.92 Å². The number of nitro benzene ring substituents is 1. The van der Waals surface area contributed by atoms with Crippen molar-refractivity contribution >= 4 is 5.69 Å². The van der Waals surface area contributed by atoms with Crippen LogP contribution in [-0.2, 0) is 20.3 Å². The number of nitrogens with zero attached hydrogens (tertiary/aromatic N) is 4. The van der Waals surface area contributed by atoms with Crippen LogP contribution in [0.2, 0.25) is 0 Å². The van der Waals surface area contributed by atoms with Crippen LogP contribution in [0.4, 0.5) is 18.9 Å². The van der Waals surface area contributed by atoms with Crippen LogP contribution < -0.4 is 14.2 Å². The Kier molecular flexibility index (Phi) is 4.71. The summed E-state index contributed by atoms with van der Waals surface area (Å²) in [6.45, 7) is 1.80. The molecule has 1 N–H and O–H groups in total. The predicted octanol–water partition coefficient (Wildman–Crippen LogP) is 3.39. The van der Waals surface area contributed by atoms with Gasteiger partial charge in [0.2, 0.25) is 5.88 Å². The lowest BCUT2D eigenvalue weighted by atomic mass is 10.3. The molecule has 0 saturated carbocycles. The lowest BCUT2D eigenvalue weighted by molar-refractivity contribution is -0.730. The molecule has 28 heavy (non-hydrogen) atoms. The molecule has 0 saturated heterocycles. The third kappa shape index (κ3) is 4.05. The van der Waals surface area contributed by atoms with Crippen LogP contribution in [0, 0.1) is 17.0 Å². The number of nitrogens with one attached hydrogen (secondary N) is 1. The molecule has 148 valence electrons. The van der Waals surface area contributed by atoms with Crippen LogP contribution in [0.3, 0.4) is 0 Å². The van der Waals surface area contributed by atoms with Gasteiger partial charge in [0.25, 0.3) is 5.69 Å². The van der Waals surface area contributed by atoms with Crippen LogP contribution in [0.5, 0.6) is 23.3 Å². The molecule has 0 unspecified atom stereocenters. The summed E-state index contributed by atoms with van der Waals surface area (Å²) >= 11 is 0. The van der Waals surface area contributed by atoms with Crippen molar-refractivity contribution in [2.75, 3.05) is 0 Å². The average Bonchev–Trinajstić information content (AvgIpc) is 3.08. The molecular weight excluding hydrogens is 383 g/mol. The predicted molar refractivity (Wildman–Crippen MR) is 88.2 cm³/mol. The van der Waals surface area contributed by atoms with Gasteiger partial charge in [0.1, 0.15) is 17.2 Å². The molecule has 12 heteroatoms. The van der Waals surface area contributed by atoms with E-state index in [1.807, 2.05) is 0 Å². The summed E-state index contributed by atoms with van der Waals surface area (Å²) in [7, 11) is 2.80. The third-order valence-corrected chi connectivity index (χ3v) is 3.68. The summed E-state index contributed by atoms with van der Waals surface area (Å²) in [6, 6.07) is 5.94. The van der Waals surface area contributed by atoms with Crippen molar-refractivity contribution < 1.29 is 32.3 Å². The van der Waals surface area contributed by atoms with Gasteiger partial charge in [0, 0.05) is 19.2 Å². The van der Waals surface area contributed by atoms with Gasteiger partial charge in [-0.25, -0.2) is 0 Å². The summed E-state index contributed by atoms with van der Waals surface area (Å²) in [5.41, 5.74) is -0.568. The smallest absolute Gasteiger partial charge is 0.433 e. The zero-order chi connectivity index (χ0) is 20.6. The highest BCUT2D eigenvalue weighted by Gasteiger charge is 2.35. The van der Waals surface area contributed by atoms with Gasteiger partial charge in [0.15, 0.2) is 7.05 Å². The Morgan fingerprint density at radius 2 is 1.82 bits per heavy atom. The van der Waals surface area contributed by atoms with Crippen LogP contribution in [0.25, 0.3) is 0 Å². The van der Waals surface area contributed by atoms with E-state index in [0.717, 1.165) is 18.8 Å². The molecule has 0 bridgehead atoms. The van der Waals surface area contributed by atoms with E-state index in [-0.39, 0.29) is 23.1 Å². The second kappa shape index (κ2) is 6.87. The number of hydrogen-bond donors (Lipinski definition) is 1. The molecular formula is C16H15F3N5O4+. The molecule has 3 rings (SSSR count). The number of halogens is 3. The number of aromatic amines is 1. The average molecular weight is 398 g/mol. The molecule has 0 aliphatic carbocycles. The van der Waals surface area contributed by atoms with Crippen molar-refractivity contribution in [1.82, 2.24) is 14.9 Å². The first-order valence-electron chi connectivity index (χ1n) is 7.85. The Balaban J connectivity index is 1.94. The Morgan fingerprint density at radius 3 is 2.32 bits per heavy atom. The lowest BCUT2D eigenvalue weighted by Crippen LogP contribution is -2.31. The molecule has 0 atom stereocenters. The first-order chi connectivity index (χ1) is 13.0. The molecule has 2 aromatic heterocycles. The van der Waals surface area contributed by atoms with Crippen molar-refractivity contribution in [2.45, 2.75) is 13.1 Å². The minimum absolute atomic E-state index is 0.0748. The monoisotopic (exact) mass is 398 g/mol. The van der Waals surface area contributed by atoms with E-state index in [9.17, 15) is 23.3 Å². The maximum atomic E-state index is 12.9. The number of nitro groups is 1. The molecule has 0 radical (unpaired) electrons. The fraction of sp³-hybridized carbons (Fsp3) is 0.250. The maximum Gasteiger partial charge on any atom is 0.433 e.